The molecule has 0 spiro atoms. The highest BCUT2D eigenvalue weighted by molar-refractivity contribution is 5.94. The third kappa shape index (κ3) is 5.58. The fourth-order valence-electron chi connectivity index (χ4n) is 2.18. The molecule has 0 aliphatic carbocycles. The first-order valence-corrected chi connectivity index (χ1v) is 7.75. The summed E-state index contributed by atoms with van der Waals surface area (Å²) >= 11 is 0. The van der Waals surface area contributed by atoms with E-state index in [0.29, 0.717) is 5.92 Å². The number of benzene rings is 2. The van der Waals surface area contributed by atoms with Gasteiger partial charge in [-0.1, -0.05) is 56.3 Å². The van der Waals surface area contributed by atoms with Crippen LogP contribution >= 0.6 is 0 Å². The van der Waals surface area contributed by atoms with Gasteiger partial charge in [0.2, 0.25) is 11.8 Å². The molecule has 0 aromatic heterocycles. The Kier molecular flexibility index (Phi) is 5.92. The zero-order valence-corrected chi connectivity index (χ0v) is 13.5. The molecule has 23 heavy (non-hydrogen) atoms. The van der Waals surface area contributed by atoms with E-state index in [2.05, 4.69) is 24.5 Å². The van der Waals surface area contributed by atoms with E-state index in [-0.39, 0.29) is 24.8 Å². The van der Waals surface area contributed by atoms with E-state index in [4.69, 9.17) is 0 Å². The zero-order valence-electron chi connectivity index (χ0n) is 13.5. The lowest BCUT2D eigenvalue weighted by molar-refractivity contribution is -0.123. The third-order valence-electron chi connectivity index (χ3n) is 3.51. The van der Waals surface area contributed by atoms with Gasteiger partial charge in [0, 0.05) is 5.69 Å². The lowest BCUT2D eigenvalue weighted by atomic mass is 10.0. The molecule has 0 radical (unpaired) electrons. The van der Waals surface area contributed by atoms with Crippen molar-refractivity contribution >= 4 is 17.5 Å². The van der Waals surface area contributed by atoms with Crippen molar-refractivity contribution < 1.29 is 9.59 Å². The van der Waals surface area contributed by atoms with Crippen molar-refractivity contribution in [3.8, 4) is 0 Å². The molecule has 2 aromatic carbocycles. The number of amides is 2. The second-order valence-corrected chi connectivity index (χ2v) is 5.76. The second kappa shape index (κ2) is 8.13. The number of carbonyl (C=O) groups is 2. The first-order valence-electron chi connectivity index (χ1n) is 7.75. The Morgan fingerprint density at radius 1 is 0.913 bits per heavy atom. The predicted octanol–water partition coefficient (Wildman–Crippen LogP) is 3.11. The molecule has 0 bridgehead atoms. The first kappa shape index (κ1) is 16.7. The van der Waals surface area contributed by atoms with E-state index in [1.54, 1.807) is 0 Å². The van der Waals surface area contributed by atoms with E-state index in [0.717, 1.165) is 11.3 Å². The van der Waals surface area contributed by atoms with Crippen molar-refractivity contribution in [2.75, 3.05) is 11.9 Å². The van der Waals surface area contributed by atoms with E-state index in [9.17, 15) is 9.59 Å². The highest BCUT2D eigenvalue weighted by Gasteiger charge is 2.07. The standard InChI is InChI=1S/C19H22N2O2/c1-14(2)16-8-10-17(11-9-16)21-19(23)13-20-18(22)12-15-6-4-3-5-7-15/h3-11,14H,12-13H2,1-2H3,(H,20,22)(H,21,23). The Labute approximate surface area is 136 Å². The van der Waals surface area contributed by atoms with Crippen LogP contribution in [0.15, 0.2) is 54.6 Å². The van der Waals surface area contributed by atoms with E-state index in [1.807, 2.05) is 54.6 Å². The van der Waals surface area contributed by atoms with Gasteiger partial charge in [-0.15, -0.1) is 0 Å². The fourth-order valence-corrected chi connectivity index (χ4v) is 2.18. The van der Waals surface area contributed by atoms with Crippen LogP contribution in [-0.2, 0) is 16.0 Å². The minimum absolute atomic E-state index is 0.0302. The molecule has 2 aromatic rings. The molecule has 0 fully saturated rings. The van der Waals surface area contributed by atoms with Crippen LogP contribution in [0.3, 0.4) is 0 Å². The number of nitrogens with one attached hydrogen (secondary N) is 2. The Morgan fingerprint density at radius 2 is 1.57 bits per heavy atom. The number of hydrogen-bond acceptors (Lipinski definition) is 2. The number of hydrogen-bond donors (Lipinski definition) is 2. The maximum Gasteiger partial charge on any atom is 0.243 e. The molecular weight excluding hydrogens is 288 g/mol. The van der Waals surface area contributed by atoms with Crippen LogP contribution in [0.25, 0.3) is 0 Å². The molecule has 4 heteroatoms. The summed E-state index contributed by atoms with van der Waals surface area (Å²) in [6.07, 6.45) is 0.275. The molecule has 0 aliphatic heterocycles. The molecule has 0 saturated heterocycles. The maximum absolute atomic E-state index is 11.9. The largest absolute Gasteiger partial charge is 0.347 e. The average molecular weight is 310 g/mol. The summed E-state index contributed by atoms with van der Waals surface area (Å²) in [5.74, 6) is 0.0576. The molecule has 2 N–H and O–H groups in total. The number of anilines is 1. The summed E-state index contributed by atoms with van der Waals surface area (Å²) in [5.41, 5.74) is 2.88. The van der Waals surface area contributed by atoms with Crippen molar-refractivity contribution in [3.05, 3.63) is 65.7 Å². The van der Waals surface area contributed by atoms with Gasteiger partial charge in [0.15, 0.2) is 0 Å². The van der Waals surface area contributed by atoms with Crippen LogP contribution in [0, 0.1) is 0 Å². The van der Waals surface area contributed by atoms with E-state index < -0.39 is 0 Å². The van der Waals surface area contributed by atoms with E-state index in [1.165, 1.54) is 5.56 Å². The van der Waals surface area contributed by atoms with Crippen LogP contribution in [0.5, 0.6) is 0 Å². The molecular formula is C19H22N2O2. The summed E-state index contributed by atoms with van der Waals surface area (Å²) in [6.45, 7) is 4.21. The van der Waals surface area contributed by atoms with Crippen molar-refractivity contribution in [3.63, 3.8) is 0 Å². The highest BCUT2D eigenvalue weighted by Crippen LogP contribution is 2.16. The van der Waals surface area contributed by atoms with Crippen molar-refractivity contribution in [2.24, 2.45) is 0 Å². The van der Waals surface area contributed by atoms with Gasteiger partial charge in [0.25, 0.3) is 0 Å². The summed E-state index contributed by atoms with van der Waals surface area (Å²) < 4.78 is 0. The monoisotopic (exact) mass is 310 g/mol. The van der Waals surface area contributed by atoms with Crippen molar-refractivity contribution in [1.29, 1.82) is 0 Å². The third-order valence-corrected chi connectivity index (χ3v) is 3.51. The summed E-state index contributed by atoms with van der Waals surface area (Å²) in [5, 5.41) is 5.40. The zero-order chi connectivity index (χ0) is 16.7. The molecule has 0 unspecified atom stereocenters. The van der Waals surface area contributed by atoms with Gasteiger partial charge in [0.05, 0.1) is 13.0 Å². The minimum atomic E-state index is -0.233. The summed E-state index contributed by atoms with van der Waals surface area (Å²) in [4.78, 5) is 23.7. The van der Waals surface area contributed by atoms with Crippen LogP contribution in [0.4, 0.5) is 5.69 Å². The van der Waals surface area contributed by atoms with Gasteiger partial charge in [0.1, 0.15) is 0 Å². The minimum Gasteiger partial charge on any atom is -0.347 e. The van der Waals surface area contributed by atoms with Crippen molar-refractivity contribution in [1.82, 2.24) is 5.32 Å². The molecule has 120 valence electrons. The lowest BCUT2D eigenvalue weighted by Crippen LogP contribution is -2.33. The Hall–Kier alpha value is -2.62. The quantitative estimate of drug-likeness (QED) is 0.861. The van der Waals surface area contributed by atoms with E-state index >= 15 is 0 Å². The van der Waals surface area contributed by atoms with Crippen LogP contribution in [0.1, 0.15) is 30.9 Å². The van der Waals surface area contributed by atoms with Gasteiger partial charge in [-0.2, -0.15) is 0 Å². The van der Waals surface area contributed by atoms with Gasteiger partial charge in [-0.3, -0.25) is 9.59 Å². The van der Waals surface area contributed by atoms with Crippen LogP contribution < -0.4 is 10.6 Å². The average Bonchev–Trinajstić information content (AvgIpc) is 2.54. The second-order valence-electron chi connectivity index (χ2n) is 5.76. The number of rotatable bonds is 6. The first-order chi connectivity index (χ1) is 11.0. The van der Waals surface area contributed by atoms with Crippen molar-refractivity contribution in [2.45, 2.75) is 26.2 Å². The Balaban J connectivity index is 1.77. The number of carbonyl (C=O) groups excluding carboxylic acids is 2. The maximum atomic E-state index is 11.9. The SMILES string of the molecule is CC(C)c1ccc(NC(=O)CNC(=O)Cc2ccccc2)cc1. The normalized spacial score (nSPS) is 10.4. The van der Waals surface area contributed by atoms with Gasteiger partial charge >= 0.3 is 0 Å². The smallest absolute Gasteiger partial charge is 0.243 e. The molecule has 0 heterocycles. The molecule has 2 amide bonds. The summed E-state index contributed by atoms with van der Waals surface area (Å²) in [6, 6.07) is 17.2. The van der Waals surface area contributed by atoms with Gasteiger partial charge in [-0.25, -0.2) is 0 Å². The van der Waals surface area contributed by atoms with Crippen LogP contribution in [-0.4, -0.2) is 18.4 Å². The predicted molar refractivity (Wildman–Crippen MR) is 92.3 cm³/mol. The van der Waals surface area contributed by atoms with Gasteiger partial charge < -0.3 is 10.6 Å². The molecule has 0 aliphatic rings. The lowest BCUT2D eigenvalue weighted by Gasteiger charge is -2.09. The molecule has 0 atom stereocenters. The topological polar surface area (TPSA) is 58.2 Å². The summed E-state index contributed by atoms with van der Waals surface area (Å²) in [7, 11) is 0. The molecule has 2 rings (SSSR count). The van der Waals surface area contributed by atoms with Gasteiger partial charge in [-0.05, 0) is 29.2 Å². The highest BCUT2D eigenvalue weighted by atomic mass is 16.2. The molecule has 4 nitrogen and oxygen atoms in total. The Morgan fingerprint density at radius 3 is 2.17 bits per heavy atom. The fraction of sp³-hybridized carbons (Fsp3) is 0.263. The Bertz CT molecular complexity index is 649. The van der Waals surface area contributed by atoms with Crippen LogP contribution in [0.2, 0.25) is 0 Å². The molecule has 0 saturated carbocycles.